The van der Waals surface area contributed by atoms with E-state index in [0.717, 1.165) is 23.7 Å². The molecule has 0 fully saturated rings. The molecule has 0 spiro atoms. The van der Waals surface area contributed by atoms with Crippen LogP contribution in [0.2, 0.25) is 0 Å². The van der Waals surface area contributed by atoms with Crippen molar-refractivity contribution in [2.75, 3.05) is 30.1 Å². The molecule has 1 aromatic heterocycles. The number of anilines is 2. The lowest BCUT2D eigenvalue weighted by atomic mass is 10.0. The van der Waals surface area contributed by atoms with Gasteiger partial charge in [0.15, 0.2) is 0 Å². The molecule has 1 atom stereocenters. The van der Waals surface area contributed by atoms with Crippen LogP contribution in [-0.4, -0.2) is 24.8 Å². The van der Waals surface area contributed by atoms with Gasteiger partial charge in [0.25, 0.3) is 0 Å². The van der Waals surface area contributed by atoms with Crippen LogP contribution >= 0.6 is 11.8 Å². The normalized spacial score (nSPS) is 17.4. The highest BCUT2D eigenvalue weighted by Gasteiger charge is 2.19. The van der Waals surface area contributed by atoms with Gasteiger partial charge in [-0.15, -0.1) is 11.8 Å². The van der Waals surface area contributed by atoms with Crippen molar-refractivity contribution in [2.24, 2.45) is 0 Å². The third-order valence-electron chi connectivity index (χ3n) is 3.51. The summed E-state index contributed by atoms with van der Waals surface area (Å²) < 4.78 is 0. The van der Waals surface area contributed by atoms with Crippen LogP contribution in [0.4, 0.5) is 11.5 Å². The van der Waals surface area contributed by atoms with E-state index in [2.05, 4.69) is 40.6 Å². The molecule has 1 unspecified atom stereocenters. The van der Waals surface area contributed by atoms with Crippen molar-refractivity contribution in [3.8, 4) is 0 Å². The average molecular weight is 285 g/mol. The van der Waals surface area contributed by atoms with Crippen LogP contribution in [0.25, 0.3) is 0 Å². The summed E-state index contributed by atoms with van der Waals surface area (Å²) in [6.07, 6.45) is 3.07. The molecule has 104 valence electrons. The highest BCUT2D eigenvalue weighted by atomic mass is 32.2. The molecule has 0 radical (unpaired) electrons. The second-order valence-corrected chi connectivity index (χ2v) is 6.31. The number of thioether (sulfide) groups is 1. The minimum absolute atomic E-state index is 0.388. The fourth-order valence-electron chi connectivity index (χ4n) is 2.43. The molecule has 4 heteroatoms. The lowest BCUT2D eigenvalue weighted by Gasteiger charge is -2.26. The number of nitrogens with zero attached hydrogens (tertiary/aromatic N) is 2. The Labute approximate surface area is 124 Å². The van der Waals surface area contributed by atoms with Crippen LogP contribution in [0.15, 0.2) is 47.5 Å². The van der Waals surface area contributed by atoms with Crippen molar-refractivity contribution in [3.05, 3.63) is 48.2 Å². The van der Waals surface area contributed by atoms with E-state index in [9.17, 15) is 0 Å². The van der Waals surface area contributed by atoms with E-state index in [1.54, 1.807) is 0 Å². The number of rotatable bonds is 3. The predicted molar refractivity (Wildman–Crippen MR) is 86.7 cm³/mol. The van der Waals surface area contributed by atoms with Crippen LogP contribution < -0.4 is 10.2 Å². The topological polar surface area (TPSA) is 28.2 Å². The summed E-state index contributed by atoms with van der Waals surface area (Å²) >= 11 is 1.95. The maximum Gasteiger partial charge on any atom is 0.128 e. The summed E-state index contributed by atoms with van der Waals surface area (Å²) in [7, 11) is 4.01. The van der Waals surface area contributed by atoms with Crippen molar-refractivity contribution < 1.29 is 0 Å². The Kier molecular flexibility index (Phi) is 3.83. The standard InChI is InChI=1S/C16H19N3S/c1-19(2)16-8-7-12(11-17-16)18-14-9-10-20-15-6-4-3-5-13(14)15/h3-8,11,14,18H,9-10H2,1-2H3. The first-order valence-electron chi connectivity index (χ1n) is 6.85. The van der Waals surface area contributed by atoms with E-state index in [1.165, 1.54) is 10.5 Å². The van der Waals surface area contributed by atoms with Gasteiger partial charge in [-0.1, -0.05) is 18.2 Å². The van der Waals surface area contributed by atoms with E-state index in [1.807, 2.05) is 43.0 Å². The number of benzene rings is 1. The van der Waals surface area contributed by atoms with E-state index in [0.29, 0.717) is 6.04 Å². The summed E-state index contributed by atoms with van der Waals surface area (Å²) in [5, 5.41) is 3.61. The molecule has 0 saturated heterocycles. The van der Waals surface area contributed by atoms with Gasteiger partial charge in [0.1, 0.15) is 5.82 Å². The Balaban J connectivity index is 1.78. The van der Waals surface area contributed by atoms with E-state index in [4.69, 9.17) is 0 Å². The molecule has 20 heavy (non-hydrogen) atoms. The Morgan fingerprint density at radius 2 is 2.05 bits per heavy atom. The molecule has 0 bridgehead atoms. The third-order valence-corrected chi connectivity index (χ3v) is 4.63. The Morgan fingerprint density at radius 1 is 1.20 bits per heavy atom. The maximum atomic E-state index is 4.46. The highest BCUT2D eigenvalue weighted by Crippen LogP contribution is 2.37. The van der Waals surface area contributed by atoms with Crippen molar-refractivity contribution in [1.82, 2.24) is 4.98 Å². The van der Waals surface area contributed by atoms with Crippen LogP contribution in [0.3, 0.4) is 0 Å². The van der Waals surface area contributed by atoms with Gasteiger partial charge in [0, 0.05) is 24.7 Å². The molecular weight excluding hydrogens is 266 g/mol. The first-order valence-corrected chi connectivity index (χ1v) is 7.84. The zero-order valence-corrected chi connectivity index (χ0v) is 12.7. The molecule has 1 aliphatic rings. The number of aromatic nitrogens is 1. The molecule has 2 heterocycles. The fraction of sp³-hybridized carbons (Fsp3) is 0.312. The van der Waals surface area contributed by atoms with Crippen LogP contribution in [-0.2, 0) is 0 Å². The number of hydrogen-bond acceptors (Lipinski definition) is 4. The van der Waals surface area contributed by atoms with E-state index < -0.39 is 0 Å². The van der Waals surface area contributed by atoms with Gasteiger partial charge < -0.3 is 10.2 Å². The molecule has 1 aromatic carbocycles. The zero-order valence-electron chi connectivity index (χ0n) is 11.8. The fourth-order valence-corrected chi connectivity index (χ4v) is 3.55. The summed E-state index contributed by atoms with van der Waals surface area (Å²) in [5.41, 5.74) is 2.49. The lowest BCUT2D eigenvalue weighted by Crippen LogP contribution is -2.16. The molecule has 1 aliphatic heterocycles. The molecular formula is C16H19N3S. The third kappa shape index (κ3) is 2.75. The van der Waals surface area contributed by atoms with Gasteiger partial charge in [-0.2, -0.15) is 0 Å². The second-order valence-electron chi connectivity index (χ2n) is 5.17. The number of hydrogen-bond donors (Lipinski definition) is 1. The van der Waals surface area contributed by atoms with Gasteiger partial charge >= 0.3 is 0 Å². The van der Waals surface area contributed by atoms with Crippen molar-refractivity contribution in [3.63, 3.8) is 0 Å². The molecule has 3 nitrogen and oxygen atoms in total. The summed E-state index contributed by atoms with van der Waals surface area (Å²) in [4.78, 5) is 7.87. The molecule has 2 aromatic rings. The van der Waals surface area contributed by atoms with Crippen molar-refractivity contribution in [2.45, 2.75) is 17.4 Å². The molecule has 0 amide bonds. The Hall–Kier alpha value is -1.68. The summed E-state index contributed by atoms with van der Waals surface area (Å²) in [6, 6.07) is 13.2. The van der Waals surface area contributed by atoms with Gasteiger partial charge in [-0.05, 0) is 30.2 Å². The predicted octanol–water partition coefficient (Wildman–Crippen LogP) is 3.80. The van der Waals surface area contributed by atoms with E-state index in [-0.39, 0.29) is 0 Å². The minimum atomic E-state index is 0.388. The number of pyridine rings is 1. The van der Waals surface area contributed by atoms with E-state index >= 15 is 0 Å². The quantitative estimate of drug-likeness (QED) is 0.928. The lowest BCUT2D eigenvalue weighted by molar-refractivity contribution is 0.728. The van der Waals surface area contributed by atoms with Crippen molar-refractivity contribution >= 4 is 23.3 Å². The monoisotopic (exact) mass is 285 g/mol. The van der Waals surface area contributed by atoms with Gasteiger partial charge in [-0.25, -0.2) is 4.98 Å². The van der Waals surface area contributed by atoms with Gasteiger partial charge in [-0.3, -0.25) is 0 Å². The van der Waals surface area contributed by atoms with Crippen LogP contribution in [0.5, 0.6) is 0 Å². The molecule has 0 aliphatic carbocycles. The number of fused-ring (bicyclic) bond motifs is 1. The Morgan fingerprint density at radius 3 is 2.80 bits per heavy atom. The summed E-state index contributed by atoms with van der Waals surface area (Å²) in [6.45, 7) is 0. The zero-order chi connectivity index (χ0) is 13.9. The van der Waals surface area contributed by atoms with Crippen molar-refractivity contribution in [1.29, 1.82) is 0 Å². The largest absolute Gasteiger partial charge is 0.377 e. The molecule has 0 saturated carbocycles. The smallest absolute Gasteiger partial charge is 0.128 e. The average Bonchev–Trinajstić information content (AvgIpc) is 2.48. The molecule has 3 rings (SSSR count). The van der Waals surface area contributed by atoms with Gasteiger partial charge in [0.2, 0.25) is 0 Å². The second kappa shape index (κ2) is 5.75. The highest BCUT2D eigenvalue weighted by molar-refractivity contribution is 7.99. The first kappa shape index (κ1) is 13.3. The maximum absolute atomic E-state index is 4.46. The van der Waals surface area contributed by atoms with Crippen LogP contribution in [0, 0.1) is 0 Å². The minimum Gasteiger partial charge on any atom is -0.377 e. The van der Waals surface area contributed by atoms with Gasteiger partial charge in [0.05, 0.1) is 17.9 Å². The molecule has 1 N–H and O–H groups in total. The first-order chi connectivity index (χ1) is 9.74. The number of nitrogens with one attached hydrogen (secondary N) is 1. The Bertz CT molecular complexity index is 581. The SMILES string of the molecule is CN(C)c1ccc(NC2CCSc3ccccc32)cn1. The van der Waals surface area contributed by atoms with Crippen LogP contribution in [0.1, 0.15) is 18.0 Å². The summed E-state index contributed by atoms with van der Waals surface area (Å²) in [5.74, 6) is 2.15.